The number of carbonyl (C=O) groups excluding carboxylic acids is 2. The average molecular weight is 433 g/mol. The Labute approximate surface area is 181 Å². The minimum Gasteiger partial charge on any atom is -0.468 e. The predicted molar refractivity (Wildman–Crippen MR) is 118 cm³/mol. The summed E-state index contributed by atoms with van der Waals surface area (Å²) < 4.78 is 17.7. The highest BCUT2D eigenvalue weighted by Crippen LogP contribution is 2.62. The maximum atomic E-state index is 13.7. The van der Waals surface area contributed by atoms with Gasteiger partial charge in [-0.3, -0.25) is 9.59 Å². The minimum absolute atomic E-state index is 0.00416. The molecule has 5 nitrogen and oxygen atoms in total. The zero-order chi connectivity index (χ0) is 22.4. The van der Waals surface area contributed by atoms with Crippen LogP contribution in [0.4, 0.5) is 0 Å². The van der Waals surface area contributed by atoms with Crippen LogP contribution >= 0.6 is 0 Å². The van der Waals surface area contributed by atoms with E-state index < -0.39 is 25.2 Å². The standard InChI is InChI=1S/C24H36O5Si/c1-8-10-17-18-13-23(28-15-22(2,3)16-29-23)14-19(18)24(20(17)25,21(26)27-4)11-9-12-30(5,6)7/h8,17-19H,1,10-11,13-16H2,2-7H3/t17-,18-,19-,24-/m0/s1. The first kappa shape index (κ1) is 23.2. The highest BCUT2D eigenvalue weighted by atomic mass is 28.3. The van der Waals surface area contributed by atoms with Crippen molar-refractivity contribution in [2.24, 2.45) is 28.6 Å². The van der Waals surface area contributed by atoms with Crippen LogP contribution in [-0.2, 0) is 23.8 Å². The summed E-state index contributed by atoms with van der Waals surface area (Å²) in [5, 5.41) is 0. The first-order valence-electron chi connectivity index (χ1n) is 10.9. The van der Waals surface area contributed by atoms with E-state index in [0.29, 0.717) is 32.5 Å². The summed E-state index contributed by atoms with van der Waals surface area (Å²) in [6, 6.07) is 0. The van der Waals surface area contributed by atoms with Gasteiger partial charge >= 0.3 is 5.97 Å². The molecule has 1 aliphatic heterocycles. The van der Waals surface area contributed by atoms with Gasteiger partial charge in [-0.25, -0.2) is 0 Å². The topological polar surface area (TPSA) is 61.8 Å². The molecule has 166 valence electrons. The van der Waals surface area contributed by atoms with E-state index in [0.717, 1.165) is 0 Å². The van der Waals surface area contributed by atoms with Crippen LogP contribution in [0, 0.1) is 40.0 Å². The highest BCUT2D eigenvalue weighted by Gasteiger charge is 2.70. The van der Waals surface area contributed by atoms with E-state index >= 15 is 0 Å². The second kappa shape index (κ2) is 7.92. The van der Waals surface area contributed by atoms with Gasteiger partial charge in [0.2, 0.25) is 0 Å². The highest BCUT2D eigenvalue weighted by molar-refractivity contribution is 6.83. The van der Waals surface area contributed by atoms with E-state index in [9.17, 15) is 9.59 Å². The maximum Gasteiger partial charge on any atom is 0.320 e. The number of allylic oxidation sites excluding steroid dienone is 1. The lowest BCUT2D eigenvalue weighted by atomic mass is 9.72. The summed E-state index contributed by atoms with van der Waals surface area (Å²) in [6.07, 6.45) is 3.67. The number of Topliss-reactive ketones (excluding diaryl/α,β-unsaturated/α-hetero) is 1. The van der Waals surface area contributed by atoms with Crippen molar-refractivity contribution in [2.45, 2.75) is 65.0 Å². The second-order valence-corrected chi connectivity index (χ2v) is 15.8. The molecule has 6 heteroatoms. The Kier molecular flexibility index (Phi) is 6.14. The van der Waals surface area contributed by atoms with Gasteiger partial charge < -0.3 is 14.2 Å². The molecular formula is C24H36O5Si. The minimum atomic E-state index is -1.64. The van der Waals surface area contributed by atoms with Crippen LogP contribution in [0.5, 0.6) is 0 Å². The molecule has 3 aliphatic rings. The third kappa shape index (κ3) is 4.04. The van der Waals surface area contributed by atoms with E-state index in [1.807, 2.05) is 0 Å². The quantitative estimate of drug-likeness (QED) is 0.221. The Bertz CT molecular complexity index is 774. The molecule has 30 heavy (non-hydrogen) atoms. The van der Waals surface area contributed by atoms with Crippen LogP contribution in [0.1, 0.15) is 39.5 Å². The lowest BCUT2D eigenvalue weighted by Gasteiger charge is -2.42. The van der Waals surface area contributed by atoms with E-state index in [1.54, 1.807) is 6.08 Å². The van der Waals surface area contributed by atoms with Crippen molar-refractivity contribution in [1.29, 1.82) is 0 Å². The van der Waals surface area contributed by atoms with E-state index in [-0.39, 0.29) is 35.4 Å². The monoisotopic (exact) mass is 432 g/mol. The Morgan fingerprint density at radius 2 is 1.90 bits per heavy atom. The van der Waals surface area contributed by atoms with Crippen molar-refractivity contribution in [3.05, 3.63) is 12.7 Å². The lowest BCUT2D eigenvalue weighted by Crippen LogP contribution is -2.49. The van der Waals surface area contributed by atoms with Crippen LogP contribution in [0.3, 0.4) is 0 Å². The van der Waals surface area contributed by atoms with Crippen LogP contribution < -0.4 is 0 Å². The van der Waals surface area contributed by atoms with Crippen molar-refractivity contribution in [3.8, 4) is 11.5 Å². The molecule has 0 aromatic carbocycles. The lowest BCUT2D eigenvalue weighted by molar-refractivity contribution is -0.298. The van der Waals surface area contributed by atoms with Crippen molar-refractivity contribution < 1.29 is 23.8 Å². The molecular weight excluding hydrogens is 396 g/mol. The molecule has 2 aliphatic carbocycles. The van der Waals surface area contributed by atoms with Crippen molar-refractivity contribution >= 4 is 19.8 Å². The molecule has 3 rings (SSSR count). The van der Waals surface area contributed by atoms with Gasteiger partial charge in [0.1, 0.15) is 13.5 Å². The SMILES string of the molecule is C=CC[C@@H]1C(=O)[C@@](CC#C[Si](C)(C)C)(C(=O)OC)[C@H]2CC3(C[C@@H]12)OCC(C)(C)CO3. The molecule has 3 fully saturated rings. The number of rotatable bonds is 4. The summed E-state index contributed by atoms with van der Waals surface area (Å²) >= 11 is 0. The van der Waals surface area contributed by atoms with Gasteiger partial charge in [0.25, 0.3) is 0 Å². The average Bonchev–Trinajstić information content (AvgIpc) is 3.12. The third-order valence-electron chi connectivity index (χ3n) is 6.77. The molecule has 0 radical (unpaired) electrons. The van der Waals surface area contributed by atoms with Crippen molar-refractivity contribution in [1.82, 2.24) is 0 Å². The zero-order valence-electron chi connectivity index (χ0n) is 19.3. The van der Waals surface area contributed by atoms with Crippen LogP contribution in [-0.4, -0.2) is 45.9 Å². The summed E-state index contributed by atoms with van der Waals surface area (Å²) in [6.45, 7) is 15.7. The normalized spacial score (nSPS) is 34.2. The number of hydrogen-bond donors (Lipinski definition) is 0. The largest absolute Gasteiger partial charge is 0.468 e. The summed E-state index contributed by atoms with van der Waals surface area (Å²) in [5.41, 5.74) is 2.04. The van der Waals surface area contributed by atoms with E-state index in [4.69, 9.17) is 14.2 Å². The molecule has 0 unspecified atom stereocenters. The fourth-order valence-electron chi connectivity index (χ4n) is 5.35. The van der Waals surface area contributed by atoms with Gasteiger partial charge in [-0.2, -0.15) is 0 Å². The predicted octanol–water partition coefficient (Wildman–Crippen LogP) is 3.99. The summed E-state index contributed by atoms with van der Waals surface area (Å²) in [5.74, 6) is 1.52. The molecule has 0 aromatic rings. The fraction of sp³-hybridized carbons (Fsp3) is 0.750. The van der Waals surface area contributed by atoms with E-state index in [1.165, 1.54) is 7.11 Å². The molecule has 0 amide bonds. The number of esters is 1. The first-order valence-corrected chi connectivity index (χ1v) is 14.4. The molecule has 1 saturated heterocycles. The second-order valence-electron chi connectivity index (χ2n) is 11.0. The summed E-state index contributed by atoms with van der Waals surface area (Å²) in [4.78, 5) is 26.8. The Balaban J connectivity index is 2.00. The number of fused-ring (bicyclic) bond motifs is 1. The Hall–Kier alpha value is -1.42. The third-order valence-corrected chi connectivity index (χ3v) is 7.70. The van der Waals surface area contributed by atoms with Gasteiger partial charge in [0.05, 0.1) is 20.3 Å². The molecule has 4 atom stereocenters. The van der Waals surface area contributed by atoms with Gasteiger partial charge in [-0.1, -0.05) is 39.6 Å². The van der Waals surface area contributed by atoms with Crippen molar-refractivity contribution in [3.63, 3.8) is 0 Å². The van der Waals surface area contributed by atoms with Crippen LogP contribution in [0.15, 0.2) is 12.7 Å². The molecule has 1 spiro atoms. The smallest absolute Gasteiger partial charge is 0.320 e. The summed E-state index contributed by atoms with van der Waals surface area (Å²) in [7, 11) is -0.279. The molecule has 0 aromatic heterocycles. The first-order chi connectivity index (χ1) is 13.9. The number of carbonyl (C=O) groups is 2. The number of ether oxygens (including phenoxy) is 3. The maximum absolute atomic E-state index is 13.7. The molecule has 0 bridgehead atoms. The Morgan fingerprint density at radius 3 is 2.43 bits per heavy atom. The van der Waals surface area contributed by atoms with E-state index in [2.05, 4.69) is 51.5 Å². The molecule has 0 N–H and O–H groups in total. The molecule has 1 heterocycles. The number of hydrogen-bond acceptors (Lipinski definition) is 5. The van der Waals surface area contributed by atoms with Crippen LogP contribution in [0.2, 0.25) is 19.6 Å². The van der Waals surface area contributed by atoms with Gasteiger partial charge in [-0.05, 0) is 18.3 Å². The number of ketones is 1. The Morgan fingerprint density at radius 1 is 1.27 bits per heavy atom. The molecule has 2 saturated carbocycles. The fourth-order valence-corrected chi connectivity index (χ4v) is 5.97. The van der Waals surface area contributed by atoms with Gasteiger partial charge in [0, 0.05) is 30.6 Å². The van der Waals surface area contributed by atoms with Crippen molar-refractivity contribution in [2.75, 3.05) is 20.3 Å². The zero-order valence-corrected chi connectivity index (χ0v) is 20.3. The van der Waals surface area contributed by atoms with Crippen LogP contribution in [0.25, 0.3) is 0 Å². The van der Waals surface area contributed by atoms with Gasteiger partial charge in [-0.15, -0.1) is 18.0 Å². The number of methoxy groups -OCH3 is 1. The van der Waals surface area contributed by atoms with Gasteiger partial charge in [0.15, 0.2) is 11.6 Å².